The molecule has 0 aliphatic carbocycles. The van der Waals surface area contributed by atoms with Crippen LogP contribution in [-0.4, -0.2) is 18.4 Å². The van der Waals surface area contributed by atoms with Crippen molar-refractivity contribution in [2.75, 3.05) is 16.8 Å². The van der Waals surface area contributed by atoms with Crippen molar-refractivity contribution in [2.24, 2.45) is 0 Å². The number of rotatable bonds is 3. The second-order valence-electron chi connectivity index (χ2n) is 5.92. The van der Waals surface area contributed by atoms with Crippen molar-refractivity contribution in [1.82, 2.24) is 0 Å². The average Bonchev–Trinajstić information content (AvgIpc) is 2.95. The lowest BCUT2D eigenvalue weighted by Crippen LogP contribution is -2.32. The third-order valence-electron chi connectivity index (χ3n) is 4.25. The van der Waals surface area contributed by atoms with Crippen molar-refractivity contribution in [1.29, 1.82) is 0 Å². The molecular formula is C19H20N2O2. The highest BCUT2D eigenvalue weighted by molar-refractivity contribution is 6.10. The average molecular weight is 308 g/mol. The van der Waals surface area contributed by atoms with Crippen molar-refractivity contribution in [3.63, 3.8) is 0 Å². The van der Waals surface area contributed by atoms with Gasteiger partial charge < -0.3 is 10.2 Å². The SMILES string of the molecule is Cc1cccc(C)c1NC(=O)CC(=O)N1CCc2ccccc21. The number of benzene rings is 2. The van der Waals surface area contributed by atoms with E-state index in [4.69, 9.17) is 0 Å². The van der Waals surface area contributed by atoms with Crippen LogP contribution in [0.25, 0.3) is 0 Å². The van der Waals surface area contributed by atoms with Gasteiger partial charge in [-0.05, 0) is 43.0 Å². The molecule has 1 aliphatic heterocycles. The van der Waals surface area contributed by atoms with Crippen molar-refractivity contribution >= 4 is 23.2 Å². The number of hydrogen-bond donors (Lipinski definition) is 1. The van der Waals surface area contributed by atoms with E-state index in [1.54, 1.807) is 4.90 Å². The van der Waals surface area contributed by atoms with Gasteiger partial charge in [-0.15, -0.1) is 0 Å². The zero-order valence-corrected chi connectivity index (χ0v) is 13.4. The van der Waals surface area contributed by atoms with E-state index in [0.717, 1.165) is 34.5 Å². The van der Waals surface area contributed by atoms with E-state index < -0.39 is 0 Å². The van der Waals surface area contributed by atoms with Gasteiger partial charge in [0.05, 0.1) is 0 Å². The monoisotopic (exact) mass is 308 g/mol. The fourth-order valence-corrected chi connectivity index (χ4v) is 3.03. The third kappa shape index (κ3) is 3.11. The number of fused-ring (bicyclic) bond motifs is 1. The molecule has 3 rings (SSSR count). The molecule has 0 saturated carbocycles. The molecule has 0 radical (unpaired) electrons. The molecule has 0 saturated heterocycles. The first kappa shape index (κ1) is 15.3. The van der Waals surface area contributed by atoms with Gasteiger partial charge in [-0.25, -0.2) is 0 Å². The van der Waals surface area contributed by atoms with Gasteiger partial charge in [0.2, 0.25) is 11.8 Å². The number of para-hydroxylation sites is 2. The lowest BCUT2D eigenvalue weighted by Gasteiger charge is -2.17. The second-order valence-corrected chi connectivity index (χ2v) is 5.92. The molecule has 1 heterocycles. The lowest BCUT2D eigenvalue weighted by molar-refractivity contribution is -0.125. The van der Waals surface area contributed by atoms with Crippen LogP contribution in [0.1, 0.15) is 23.1 Å². The molecule has 23 heavy (non-hydrogen) atoms. The van der Waals surface area contributed by atoms with E-state index in [0.29, 0.717) is 6.54 Å². The molecule has 1 N–H and O–H groups in total. The molecular weight excluding hydrogens is 288 g/mol. The highest BCUT2D eigenvalue weighted by Gasteiger charge is 2.25. The Morgan fingerprint density at radius 2 is 1.74 bits per heavy atom. The van der Waals surface area contributed by atoms with Gasteiger partial charge in [0, 0.05) is 17.9 Å². The molecule has 2 aromatic rings. The molecule has 2 aromatic carbocycles. The Kier molecular flexibility index (Phi) is 4.15. The fraction of sp³-hybridized carbons (Fsp3) is 0.263. The first-order valence-electron chi connectivity index (χ1n) is 7.80. The molecule has 4 nitrogen and oxygen atoms in total. The summed E-state index contributed by atoms with van der Waals surface area (Å²) >= 11 is 0. The molecule has 0 atom stereocenters. The largest absolute Gasteiger partial charge is 0.325 e. The summed E-state index contributed by atoms with van der Waals surface area (Å²) in [5, 5.41) is 2.87. The van der Waals surface area contributed by atoms with Crippen LogP contribution in [0.5, 0.6) is 0 Å². The number of carbonyl (C=O) groups is 2. The van der Waals surface area contributed by atoms with Gasteiger partial charge in [0.15, 0.2) is 0 Å². The summed E-state index contributed by atoms with van der Waals surface area (Å²) < 4.78 is 0. The summed E-state index contributed by atoms with van der Waals surface area (Å²) in [5.74, 6) is -0.421. The predicted octanol–water partition coefficient (Wildman–Crippen LogP) is 3.22. The van der Waals surface area contributed by atoms with Gasteiger partial charge in [-0.1, -0.05) is 36.4 Å². The summed E-state index contributed by atoms with van der Waals surface area (Å²) in [4.78, 5) is 26.4. The Bertz CT molecular complexity index is 747. The standard InChI is InChI=1S/C19H20N2O2/c1-13-6-5-7-14(2)19(13)20-17(22)12-18(23)21-11-10-15-8-3-4-9-16(15)21/h3-9H,10-12H2,1-2H3,(H,20,22). The first-order valence-corrected chi connectivity index (χ1v) is 7.80. The molecule has 4 heteroatoms. The third-order valence-corrected chi connectivity index (χ3v) is 4.25. The van der Waals surface area contributed by atoms with Crippen LogP contribution in [0.15, 0.2) is 42.5 Å². The van der Waals surface area contributed by atoms with Crippen molar-refractivity contribution in [3.8, 4) is 0 Å². The van der Waals surface area contributed by atoms with Gasteiger partial charge in [0.1, 0.15) is 6.42 Å². The van der Waals surface area contributed by atoms with Crippen LogP contribution >= 0.6 is 0 Å². The van der Waals surface area contributed by atoms with Crippen LogP contribution in [-0.2, 0) is 16.0 Å². The smallest absolute Gasteiger partial charge is 0.236 e. The van der Waals surface area contributed by atoms with Crippen LogP contribution in [0.3, 0.4) is 0 Å². The van der Waals surface area contributed by atoms with E-state index in [1.165, 1.54) is 0 Å². The Balaban J connectivity index is 1.68. The maximum absolute atomic E-state index is 12.4. The quantitative estimate of drug-likeness (QED) is 0.885. The highest BCUT2D eigenvalue weighted by Crippen LogP contribution is 2.28. The lowest BCUT2D eigenvalue weighted by atomic mass is 10.1. The van der Waals surface area contributed by atoms with Crippen LogP contribution in [0.2, 0.25) is 0 Å². The fourth-order valence-electron chi connectivity index (χ4n) is 3.03. The summed E-state index contributed by atoms with van der Waals surface area (Å²) in [6.45, 7) is 4.54. The number of aryl methyl sites for hydroxylation is 2. The minimum absolute atomic E-state index is 0.137. The minimum Gasteiger partial charge on any atom is -0.325 e. The predicted molar refractivity (Wildman–Crippen MR) is 91.7 cm³/mol. The maximum Gasteiger partial charge on any atom is 0.236 e. The number of nitrogens with zero attached hydrogens (tertiary/aromatic N) is 1. The molecule has 0 unspecified atom stereocenters. The van der Waals surface area contributed by atoms with Crippen molar-refractivity contribution in [3.05, 3.63) is 59.2 Å². The number of anilines is 2. The topological polar surface area (TPSA) is 49.4 Å². The molecule has 0 aromatic heterocycles. The van der Waals surface area contributed by atoms with Gasteiger partial charge in [0.25, 0.3) is 0 Å². The van der Waals surface area contributed by atoms with Crippen LogP contribution in [0, 0.1) is 13.8 Å². The zero-order valence-electron chi connectivity index (χ0n) is 13.4. The van der Waals surface area contributed by atoms with Crippen LogP contribution < -0.4 is 10.2 Å². The molecule has 0 fully saturated rings. The highest BCUT2D eigenvalue weighted by atomic mass is 16.2. The van der Waals surface area contributed by atoms with E-state index in [1.807, 2.05) is 56.3 Å². The minimum atomic E-state index is -0.267. The number of amides is 2. The van der Waals surface area contributed by atoms with Crippen LogP contribution in [0.4, 0.5) is 11.4 Å². The molecule has 0 bridgehead atoms. The Labute approximate surface area is 136 Å². The Morgan fingerprint density at radius 3 is 2.48 bits per heavy atom. The van der Waals surface area contributed by atoms with Gasteiger partial charge >= 0.3 is 0 Å². The van der Waals surface area contributed by atoms with Crippen molar-refractivity contribution < 1.29 is 9.59 Å². The number of carbonyl (C=O) groups excluding carboxylic acids is 2. The van der Waals surface area contributed by atoms with Crippen molar-refractivity contribution in [2.45, 2.75) is 26.7 Å². The maximum atomic E-state index is 12.4. The first-order chi connectivity index (χ1) is 11.1. The van der Waals surface area contributed by atoms with Gasteiger partial charge in [-0.2, -0.15) is 0 Å². The normalized spacial score (nSPS) is 12.9. The van der Waals surface area contributed by atoms with E-state index >= 15 is 0 Å². The van der Waals surface area contributed by atoms with E-state index in [9.17, 15) is 9.59 Å². The Morgan fingerprint density at radius 1 is 1.04 bits per heavy atom. The molecule has 0 spiro atoms. The van der Waals surface area contributed by atoms with E-state index in [2.05, 4.69) is 5.32 Å². The zero-order chi connectivity index (χ0) is 16.4. The summed E-state index contributed by atoms with van der Waals surface area (Å²) in [5.41, 5.74) is 4.88. The summed E-state index contributed by atoms with van der Waals surface area (Å²) in [6, 6.07) is 13.7. The summed E-state index contributed by atoms with van der Waals surface area (Å²) in [7, 11) is 0. The second kappa shape index (κ2) is 6.24. The molecule has 118 valence electrons. The van der Waals surface area contributed by atoms with Gasteiger partial charge in [-0.3, -0.25) is 9.59 Å². The Hall–Kier alpha value is -2.62. The summed E-state index contributed by atoms with van der Waals surface area (Å²) in [6.07, 6.45) is 0.711. The molecule has 2 amide bonds. The van der Waals surface area contributed by atoms with E-state index in [-0.39, 0.29) is 18.2 Å². The number of hydrogen-bond acceptors (Lipinski definition) is 2. The molecule has 1 aliphatic rings. The number of nitrogens with one attached hydrogen (secondary N) is 1.